The lowest BCUT2D eigenvalue weighted by atomic mass is 10.0. The first kappa shape index (κ1) is 18.6. The highest BCUT2D eigenvalue weighted by Crippen LogP contribution is 2.20. The molecule has 1 aromatic heterocycles. The van der Waals surface area contributed by atoms with Crippen LogP contribution in [-0.4, -0.2) is 5.78 Å². The Morgan fingerprint density at radius 1 is 1.04 bits per heavy atom. The van der Waals surface area contributed by atoms with E-state index in [1.807, 2.05) is 18.2 Å². The zero-order valence-electron chi connectivity index (χ0n) is 15.3. The minimum absolute atomic E-state index is 0.213. The smallest absolute Gasteiger partial charge is 0.185 e. The maximum absolute atomic E-state index is 12.9. The van der Waals surface area contributed by atoms with Crippen molar-refractivity contribution in [1.29, 1.82) is 0 Å². The van der Waals surface area contributed by atoms with Crippen molar-refractivity contribution in [2.24, 2.45) is 0 Å². The number of hydrogen-bond acceptors (Lipinski definition) is 3. The second-order valence-corrected chi connectivity index (χ2v) is 6.52. The lowest BCUT2D eigenvalue weighted by Crippen LogP contribution is -1.94. The lowest BCUT2D eigenvalue weighted by Gasteiger charge is -2.07. The molecule has 0 N–H and O–H groups in total. The van der Waals surface area contributed by atoms with Crippen molar-refractivity contribution in [2.75, 3.05) is 0 Å². The summed E-state index contributed by atoms with van der Waals surface area (Å²) < 4.78 is 24.3. The minimum atomic E-state index is -0.370. The lowest BCUT2D eigenvalue weighted by molar-refractivity contribution is 0.104. The van der Waals surface area contributed by atoms with Gasteiger partial charge in [-0.25, -0.2) is 4.39 Å². The van der Waals surface area contributed by atoms with E-state index < -0.39 is 0 Å². The SMILES string of the molecule is CC(C)c1ccc(OCc2ccc(/C=C/C(=O)c3ccc(F)cc3)o2)cc1. The van der Waals surface area contributed by atoms with Crippen LogP contribution in [0.25, 0.3) is 6.08 Å². The molecule has 0 bridgehead atoms. The summed E-state index contributed by atoms with van der Waals surface area (Å²) in [6.07, 6.45) is 2.99. The summed E-state index contributed by atoms with van der Waals surface area (Å²) in [5.41, 5.74) is 1.69. The van der Waals surface area contributed by atoms with Gasteiger partial charge in [0.1, 0.15) is 29.7 Å². The van der Waals surface area contributed by atoms with E-state index in [9.17, 15) is 9.18 Å². The number of ether oxygens (including phenoxy) is 1. The van der Waals surface area contributed by atoms with E-state index >= 15 is 0 Å². The fourth-order valence-electron chi connectivity index (χ4n) is 2.53. The van der Waals surface area contributed by atoms with Crippen LogP contribution in [0.5, 0.6) is 5.75 Å². The van der Waals surface area contributed by atoms with Crippen LogP contribution in [0.4, 0.5) is 4.39 Å². The van der Waals surface area contributed by atoms with Gasteiger partial charge in [-0.1, -0.05) is 26.0 Å². The van der Waals surface area contributed by atoms with E-state index in [0.29, 0.717) is 29.6 Å². The Labute approximate surface area is 158 Å². The third-order valence-electron chi connectivity index (χ3n) is 4.14. The predicted molar refractivity (Wildman–Crippen MR) is 103 cm³/mol. The van der Waals surface area contributed by atoms with Gasteiger partial charge < -0.3 is 9.15 Å². The molecule has 0 radical (unpaired) electrons. The van der Waals surface area contributed by atoms with Gasteiger partial charge in [0, 0.05) is 5.56 Å². The number of ketones is 1. The van der Waals surface area contributed by atoms with Crippen molar-refractivity contribution in [2.45, 2.75) is 26.4 Å². The van der Waals surface area contributed by atoms with Gasteiger partial charge in [0.05, 0.1) is 0 Å². The molecule has 0 aliphatic rings. The van der Waals surface area contributed by atoms with E-state index in [1.165, 1.54) is 35.9 Å². The normalized spacial score (nSPS) is 11.3. The zero-order chi connectivity index (χ0) is 19.2. The van der Waals surface area contributed by atoms with Gasteiger partial charge in [0.2, 0.25) is 0 Å². The Hall–Kier alpha value is -3.14. The number of furan rings is 1. The van der Waals surface area contributed by atoms with Crippen LogP contribution in [0.2, 0.25) is 0 Å². The third kappa shape index (κ3) is 5.17. The van der Waals surface area contributed by atoms with Crippen LogP contribution >= 0.6 is 0 Å². The molecule has 0 aliphatic carbocycles. The zero-order valence-corrected chi connectivity index (χ0v) is 15.3. The van der Waals surface area contributed by atoms with Gasteiger partial charge in [0.15, 0.2) is 5.78 Å². The molecule has 4 heteroatoms. The maximum atomic E-state index is 12.9. The number of allylic oxidation sites excluding steroid dienone is 1. The molecule has 0 amide bonds. The van der Waals surface area contributed by atoms with Gasteiger partial charge in [-0.15, -0.1) is 0 Å². The van der Waals surface area contributed by atoms with Crippen LogP contribution in [-0.2, 0) is 6.61 Å². The topological polar surface area (TPSA) is 39.4 Å². The van der Waals surface area contributed by atoms with Gasteiger partial charge in [0.25, 0.3) is 0 Å². The molecule has 0 aliphatic heterocycles. The molecule has 27 heavy (non-hydrogen) atoms. The van der Waals surface area contributed by atoms with Crippen molar-refractivity contribution < 1.29 is 18.3 Å². The number of carbonyl (C=O) groups excluding carboxylic acids is 1. The molecule has 0 spiro atoms. The average Bonchev–Trinajstić information content (AvgIpc) is 3.13. The summed E-state index contributed by atoms with van der Waals surface area (Å²) >= 11 is 0. The number of hydrogen-bond donors (Lipinski definition) is 0. The van der Waals surface area contributed by atoms with Gasteiger partial charge in [-0.05, 0) is 72.2 Å². The van der Waals surface area contributed by atoms with E-state index in [-0.39, 0.29) is 11.6 Å². The summed E-state index contributed by atoms with van der Waals surface area (Å²) in [6, 6.07) is 17.0. The summed E-state index contributed by atoms with van der Waals surface area (Å²) in [5.74, 6) is 1.89. The third-order valence-corrected chi connectivity index (χ3v) is 4.14. The van der Waals surface area contributed by atoms with Gasteiger partial charge >= 0.3 is 0 Å². The predicted octanol–water partition coefficient (Wildman–Crippen LogP) is 6.02. The first-order valence-electron chi connectivity index (χ1n) is 8.81. The van der Waals surface area contributed by atoms with Crippen LogP contribution in [0.3, 0.4) is 0 Å². The van der Waals surface area contributed by atoms with E-state index in [4.69, 9.17) is 9.15 Å². The summed E-state index contributed by atoms with van der Waals surface area (Å²) in [5, 5.41) is 0. The Morgan fingerprint density at radius 2 is 1.74 bits per heavy atom. The highest BCUT2D eigenvalue weighted by Gasteiger charge is 2.05. The van der Waals surface area contributed by atoms with Crippen LogP contribution in [0.15, 0.2) is 71.2 Å². The molecular weight excluding hydrogens is 343 g/mol. The quantitative estimate of drug-likeness (QED) is 0.380. The molecule has 0 atom stereocenters. The maximum Gasteiger partial charge on any atom is 0.185 e. The molecule has 1 heterocycles. The summed E-state index contributed by atoms with van der Waals surface area (Å²) in [6.45, 7) is 4.60. The fourth-order valence-corrected chi connectivity index (χ4v) is 2.53. The molecule has 3 aromatic rings. The molecule has 2 aromatic carbocycles. The average molecular weight is 364 g/mol. The van der Waals surface area contributed by atoms with Gasteiger partial charge in [-0.3, -0.25) is 4.79 Å². The molecule has 0 fully saturated rings. The molecule has 0 saturated heterocycles. The van der Waals surface area contributed by atoms with Crippen LogP contribution in [0.1, 0.15) is 47.2 Å². The van der Waals surface area contributed by atoms with E-state index in [0.717, 1.165) is 5.75 Å². The van der Waals surface area contributed by atoms with Crippen molar-refractivity contribution >= 4 is 11.9 Å². The summed E-state index contributed by atoms with van der Waals surface area (Å²) in [4.78, 5) is 12.0. The van der Waals surface area contributed by atoms with Crippen molar-refractivity contribution in [3.63, 3.8) is 0 Å². The van der Waals surface area contributed by atoms with Crippen molar-refractivity contribution in [3.8, 4) is 5.75 Å². The summed E-state index contributed by atoms with van der Waals surface area (Å²) in [7, 11) is 0. The highest BCUT2D eigenvalue weighted by atomic mass is 19.1. The monoisotopic (exact) mass is 364 g/mol. The molecule has 3 nitrogen and oxygen atoms in total. The highest BCUT2D eigenvalue weighted by molar-refractivity contribution is 6.06. The van der Waals surface area contributed by atoms with E-state index in [1.54, 1.807) is 12.1 Å². The van der Waals surface area contributed by atoms with E-state index in [2.05, 4.69) is 26.0 Å². The van der Waals surface area contributed by atoms with Crippen LogP contribution in [0, 0.1) is 5.82 Å². The largest absolute Gasteiger partial charge is 0.486 e. The van der Waals surface area contributed by atoms with Gasteiger partial charge in [-0.2, -0.15) is 0 Å². The second-order valence-electron chi connectivity index (χ2n) is 6.52. The first-order valence-corrected chi connectivity index (χ1v) is 8.81. The fraction of sp³-hybridized carbons (Fsp3) is 0.174. The number of benzene rings is 2. The van der Waals surface area contributed by atoms with Crippen molar-refractivity contribution in [3.05, 3.63) is 95.2 Å². The minimum Gasteiger partial charge on any atom is -0.486 e. The molecule has 138 valence electrons. The Balaban J connectivity index is 1.56. The molecule has 0 unspecified atom stereocenters. The molecule has 3 rings (SSSR count). The van der Waals surface area contributed by atoms with Crippen molar-refractivity contribution in [1.82, 2.24) is 0 Å². The van der Waals surface area contributed by atoms with Crippen LogP contribution < -0.4 is 4.74 Å². The standard InChI is InChI=1S/C23H21FO3/c1-16(2)17-5-9-20(10-6-17)26-15-22-12-11-21(27-22)13-14-23(25)18-3-7-19(24)8-4-18/h3-14,16H,15H2,1-2H3/b14-13+. The second kappa shape index (κ2) is 8.49. The molecule has 0 saturated carbocycles. The number of carbonyl (C=O) groups is 1. The number of rotatable bonds is 7. The molecular formula is C23H21FO3. The first-order chi connectivity index (χ1) is 13.0. The Bertz CT molecular complexity index is 919. The number of halogens is 1. The Kier molecular flexibility index (Phi) is 5.87. The Morgan fingerprint density at radius 3 is 2.41 bits per heavy atom.